The first-order valence-corrected chi connectivity index (χ1v) is 7.81. The van der Waals surface area contributed by atoms with Gasteiger partial charge in [0.15, 0.2) is 5.54 Å². The van der Waals surface area contributed by atoms with Crippen LogP contribution in [0.3, 0.4) is 0 Å². The van der Waals surface area contributed by atoms with E-state index in [1.54, 1.807) is 37.4 Å². The number of carbonyl (C=O) groups is 2. The van der Waals surface area contributed by atoms with Gasteiger partial charge in [-0.15, -0.1) is 0 Å². The second-order valence-electron chi connectivity index (χ2n) is 5.96. The van der Waals surface area contributed by atoms with Crippen LogP contribution in [0.5, 0.6) is 0 Å². The molecule has 1 fully saturated rings. The summed E-state index contributed by atoms with van der Waals surface area (Å²) in [7, 11) is 0. The summed E-state index contributed by atoms with van der Waals surface area (Å²) in [6.07, 6.45) is 2.75. The lowest BCUT2D eigenvalue weighted by Crippen LogP contribution is -2.41. The van der Waals surface area contributed by atoms with Crippen LogP contribution in [0.2, 0.25) is 0 Å². The summed E-state index contributed by atoms with van der Waals surface area (Å²) in [4.78, 5) is 30.2. The van der Waals surface area contributed by atoms with Crippen molar-refractivity contribution in [3.05, 3.63) is 65.7 Å². The SMILES string of the molecule is C[C@@]1(c2ccccn2)NC(=O)N(CCCc2cccc(F)c2)C1=O. The third-order valence-electron chi connectivity index (χ3n) is 4.19. The van der Waals surface area contributed by atoms with E-state index in [1.807, 2.05) is 6.07 Å². The van der Waals surface area contributed by atoms with Crippen LogP contribution in [0.4, 0.5) is 9.18 Å². The molecular weight excluding hydrogens is 309 g/mol. The van der Waals surface area contributed by atoms with Gasteiger partial charge in [-0.05, 0) is 49.6 Å². The van der Waals surface area contributed by atoms with Crippen molar-refractivity contribution in [1.82, 2.24) is 15.2 Å². The molecule has 1 atom stereocenters. The Morgan fingerprint density at radius 2 is 2.04 bits per heavy atom. The molecule has 24 heavy (non-hydrogen) atoms. The number of rotatable bonds is 5. The van der Waals surface area contributed by atoms with Crippen LogP contribution < -0.4 is 5.32 Å². The van der Waals surface area contributed by atoms with E-state index in [0.29, 0.717) is 18.5 Å². The molecule has 3 amide bonds. The molecular formula is C18H18FN3O2. The Labute approximate surface area is 139 Å². The zero-order valence-electron chi connectivity index (χ0n) is 13.3. The number of imide groups is 1. The topological polar surface area (TPSA) is 62.3 Å². The number of aromatic nitrogens is 1. The molecule has 1 N–H and O–H groups in total. The monoisotopic (exact) mass is 327 g/mol. The molecule has 124 valence electrons. The van der Waals surface area contributed by atoms with Crippen LogP contribution in [0, 0.1) is 5.82 Å². The molecule has 1 saturated heterocycles. The number of nitrogens with one attached hydrogen (secondary N) is 1. The summed E-state index contributed by atoms with van der Waals surface area (Å²) in [5.74, 6) is -0.601. The smallest absolute Gasteiger partial charge is 0.318 e. The first kappa shape index (κ1) is 16.1. The minimum absolute atomic E-state index is 0.281. The highest BCUT2D eigenvalue weighted by Gasteiger charge is 2.49. The Balaban J connectivity index is 1.67. The molecule has 1 aromatic heterocycles. The van der Waals surface area contributed by atoms with Crippen LogP contribution in [0.25, 0.3) is 0 Å². The van der Waals surface area contributed by atoms with E-state index in [-0.39, 0.29) is 18.3 Å². The second-order valence-corrected chi connectivity index (χ2v) is 5.96. The van der Waals surface area contributed by atoms with Gasteiger partial charge in [0.2, 0.25) is 0 Å². The molecule has 6 heteroatoms. The maximum atomic E-state index is 13.2. The lowest BCUT2D eigenvalue weighted by atomic mass is 9.97. The van der Waals surface area contributed by atoms with E-state index in [4.69, 9.17) is 0 Å². The summed E-state index contributed by atoms with van der Waals surface area (Å²) in [5, 5.41) is 2.72. The van der Waals surface area contributed by atoms with Crippen molar-refractivity contribution in [2.45, 2.75) is 25.3 Å². The highest BCUT2D eigenvalue weighted by atomic mass is 19.1. The molecule has 3 rings (SSSR count). The number of benzene rings is 1. The number of urea groups is 1. The molecule has 1 aromatic carbocycles. The van der Waals surface area contributed by atoms with Gasteiger partial charge in [0.1, 0.15) is 5.82 Å². The van der Waals surface area contributed by atoms with Crippen molar-refractivity contribution in [2.24, 2.45) is 0 Å². The summed E-state index contributed by atoms with van der Waals surface area (Å²) in [6.45, 7) is 1.94. The first-order chi connectivity index (χ1) is 11.5. The maximum Gasteiger partial charge on any atom is 0.325 e. The lowest BCUT2D eigenvalue weighted by Gasteiger charge is -2.20. The van der Waals surface area contributed by atoms with E-state index in [0.717, 1.165) is 5.56 Å². The summed E-state index contributed by atoms with van der Waals surface area (Å²) < 4.78 is 13.2. The molecule has 1 aliphatic rings. The van der Waals surface area contributed by atoms with Gasteiger partial charge >= 0.3 is 6.03 Å². The van der Waals surface area contributed by atoms with Gasteiger partial charge < -0.3 is 5.32 Å². The number of aryl methyl sites for hydroxylation is 1. The van der Waals surface area contributed by atoms with Crippen molar-refractivity contribution in [3.8, 4) is 0 Å². The fourth-order valence-electron chi connectivity index (χ4n) is 2.87. The highest BCUT2D eigenvalue weighted by Crippen LogP contribution is 2.27. The fourth-order valence-corrected chi connectivity index (χ4v) is 2.87. The second kappa shape index (κ2) is 6.39. The minimum atomic E-state index is -1.14. The molecule has 1 aliphatic heterocycles. The van der Waals surface area contributed by atoms with Crippen LogP contribution in [0.1, 0.15) is 24.6 Å². The minimum Gasteiger partial charge on any atom is -0.318 e. The Kier molecular flexibility index (Phi) is 4.29. The summed E-state index contributed by atoms with van der Waals surface area (Å²) in [5.41, 5.74) is 0.211. The van der Waals surface area contributed by atoms with Gasteiger partial charge in [0, 0.05) is 12.7 Å². The van der Waals surface area contributed by atoms with Gasteiger partial charge in [-0.25, -0.2) is 9.18 Å². The molecule has 0 radical (unpaired) electrons. The van der Waals surface area contributed by atoms with E-state index in [1.165, 1.54) is 17.0 Å². The molecule has 0 saturated carbocycles. The van der Waals surface area contributed by atoms with Gasteiger partial charge in [-0.3, -0.25) is 14.7 Å². The van der Waals surface area contributed by atoms with E-state index >= 15 is 0 Å². The zero-order valence-corrected chi connectivity index (χ0v) is 13.3. The molecule has 0 bridgehead atoms. The Morgan fingerprint density at radius 3 is 2.75 bits per heavy atom. The predicted octanol–water partition coefficient (Wildman–Crippen LogP) is 2.62. The normalized spacial score (nSPS) is 20.3. The molecule has 2 heterocycles. The average Bonchev–Trinajstić information content (AvgIpc) is 2.80. The molecule has 2 aromatic rings. The van der Waals surface area contributed by atoms with Crippen molar-refractivity contribution in [3.63, 3.8) is 0 Å². The third-order valence-corrected chi connectivity index (χ3v) is 4.19. The molecule has 0 unspecified atom stereocenters. The largest absolute Gasteiger partial charge is 0.325 e. The average molecular weight is 327 g/mol. The fraction of sp³-hybridized carbons (Fsp3) is 0.278. The van der Waals surface area contributed by atoms with Crippen molar-refractivity contribution >= 4 is 11.9 Å². The Bertz CT molecular complexity index is 766. The van der Waals surface area contributed by atoms with Gasteiger partial charge in [0.25, 0.3) is 5.91 Å². The van der Waals surface area contributed by atoms with Crippen molar-refractivity contribution in [1.29, 1.82) is 0 Å². The number of pyridine rings is 1. The number of carbonyl (C=O) groups excluding carboxylic acids is 2. The van der Waals surface area contributed by atoms with E-state index in [9.17, 15) is 14.0 Å². The number of hydrogen-bond acceptors (Lipinski definition) is 3. The van der Waals surface area contributed by atoms with Crippen LogP contribution >= 0.6 is 0 Å². The van der Waals surface area contributed by atoms with E-state index in [2.05, 4.69) is 10.3 Å². The molecule has 5 nitrogen and oxygen atoms in total. The maximum absolute atomic E-state index is 13.2. The number of halogens is 1. The number of nitrogens with zero attached hydrogens (tertiary/aromatic N) is 2. The van der Waals surface area contributed by atoms with Crippen molar-refractivity contribution in [2.75, 3.05) is 6.54 Å². The van der Waals surface area contributed by atoms with Crippen LogP contribution in [0.15, 0.2) is 48.7 Å². The number of hydrogen-bond donors (Lipinski definition) is 1. The summed E-state index contributed by atoms with van der Waals surface area (Å²) >= 11 is 0. The quantitative estimate of drug-likeness (QED) is 0.859. The molecule has 0 aliphatic carbocycles. The molecule has 0 spiro atoms. The van der Waals surface area contributed by atoms with E-state index < -0.39 is 11.6 Å². The highest BCUT2D eigenvalue weighted by molar-refractivity contribution is 6.06. The lowest BCUT2D eigenvalue weighted by molar-refractivity contribution is -0.131. The van der Waals surface area contributed by atoms with Crippen LogP contribution in [-0.2, 0) is 16.8 Å². The van der Waals surface area contributed by atoms with Crippen LogP contribution in [-0.4, -0.2) is 28.4 Å². The predicted molar refractivity (Wildman–Crippen MR) is 86.6 cm³/mol. The third kappa shape index (κ3) is 2.99. The zero-order chi connectivity index (χ0) is 17.2. The van der Waals surface area contributed by atoms with Gasteiger partial charge in [0.05, 0.1) is 5.69 Å². The number of amides is 3. The standard InChI is InChI=1S/C18H18FN3O2/c1-18(15-9-2-3-10-20-15)16(23)22(17(24)21-18)11-5-7-13-6-4-8-14(19)12-13/h2-4,6,8-10,12H,5,7,11H2,1H3,(H,21,24)/t18-/m0/s1. The van der Waals surface area contributed by atoms with Gasteiger partial charge in [-0.1, -0.05) is 18.2 Å². The Morgan fingerprint density at radius 1 is 1.21 bits per heavy atom. The summed E-state index contributed by atoms with van der Waals surface area (Å²) in [6, 6.07) is 11.2. The first-order valence-electron chi connectivity index (χ1n) is 7.81. The van der Waals surface area contributed by atoms with Crippen molar-refractivity contribution < 1.29 is 14.0 Å². The Hall–Kier alpha value is -2.76. The van der Waals surface area contributed by atoms with Gasteiger partial charge in [-0.2, -0.15) is 0 Å².